The minimum Gasteiger partial charge on any atom is -0.454 e. The zero-order valence-corrected chi connectivity index (χ0v) is 9.53. The average Bonchev–Trinajstić information content (AvgIpc) is 2.86. The Morgan fingerprint density at radius 3 is 2.88 bits per heavy atom. The molecule has 1 saturated carbocycles. The van der Waals surface area contributed by atoms with Crippen molar-refractivity contribution >= 4 is 0 Å². The van der Waals surface area contributed by atoms with Gasteiger partial charge < -0.3 is 15.2 Å². The van der Waals surface area contributed by atoms with Gasteiger partial charge in [0.1, 0.15) is 0 Å². The third kappa shape index (κ3) is 1.31. The molecule has 2 N–H and O–H groups in total. The predicted octanol–water partition coefficient (Wildman–Crippen LogP) is 2.39. The van der Waals surface area contributed by atoms with E-state index >= 15 is 0 Å². The third-order valence-electron chi connectivity index (χ3n) is 4.02. The summed E-state index contributed by atoms with van der Waals surface area (Å²) in [6.45, 7) is 2.56. The van der Waals surface area contributed by atoms with Gasteiger partial charge in [0.15, 0.2) is 11.5 Å². The first-order valence-corrected chi connectivity index (χ1v) is 5.89. The van der Waals surface area contributed by atoms with Crippen molar-refractivity contribution in [1.82, 2.24) is 0 Å². The highest BCUT2D eigenvalue weighted by Crippen LogP contribution is 2.44. The molecule has 1 aliphatic heterocycles. The molecule has 1 aromatic carbocycles. The molecule has 3 heteroatoms. The van der Waals surface area contributed by atoms with E-state index < -0.39 is 0 Å². The van der Waals surface area contributed by atoms with Crippen molar-refractivity contribution < 1.29 is 9.47 Å². The van der Waals surface area contributed by atoms with Gasteiger partial charge in [-0.15, -0.1) is 0 Å². The lowest BCUT2D eigenvalue weighted by atomic mass is 9.82. The van der Waals surface area contributed by atoms with E-state index in [1.54, 1.807) is 0 Å². The second kappa shape index (κ2) is 3.39. The van der Waals surface area contributed by atoms with E-state index in [1.807, 2.05) is 12.1 Å². The maximum Gasteiger partial charge on any atom is 0.231 e. The van der Waals surface area contributed by atoms with Gasteiger partial charge in [-0.1, -0.05) is 19.4 Å². The molecule has 2 atom stereocenters. The molecule has 2 unspecified atom stereocenters. The van der Waals surface area contributed by atoms with Gasteiger partial charge in [-0.2, -0.15) is 0 Å². The van der Waals surface area contributed by atoms with Crippen LogP contribution in [0.1, 0.15) is 31.7 Å². The third-order valence-corrected chi connectivity index (χ3v) is 4.02. The Hall–Kier alpha value is -1.22. The normalized spacial score (nSPS) is 32.0. The number of ether oxygens (including phenoxy) is 2. The zero-order chi connectivity index (χ0) is 11.2. The van der Waals surface area contributed by atoms with Gasteiger partial charge in [0.05, 0.1) is 0 Å². The number of rotatable bonds is 1. The lowest BCUT2D eigenvalue weighted by Crippen LogP contribution is -2.38. The molecule has 0 bridgehead atoms. The summed E-state index contributed by atoms with van der Waals surface area (Å²) in [7, 11) is 0. The van der Waals surface area contributed by atoms with E-state index in [2.05, 4.69) is 13.0 Å². The molecule has 1 aromatic rings. The highest BCUT2D eigenvalue weighted by molar-refractivity contribution is 5.46. The summed E-state index contributed by atoms with van der Waals surface area (Å²) in [4.78, 5) is 0. The molecular formula is C13H17NO2. The highest BCUT2D eigenvalue weighted by Gasteiger charge is 2.38. The van der Waals surface area contributed by atoms with E-state index in [0.29, 0.717) is 12.7 Å². The van der Waals surface area contributed by atoms with E-state index in [1.165, 1.54) is 18.4 Å². The van der Waals surface area contributed by atoms with Crippen LogP contribution in [0.5, 0.6) is 11.5 Å². The van der Waals surface area contributed by atoms with Gasteiger partial charge in [0, 0.05) is 5.54 Å². The van der Waals surface area contributed by atoms with E-state index in [0.717, 1.165) is 17.9 Å². The van der Waals surface area contributed by atoms with Crippen LogP contribution in [0.15, 0.2) is 18.2 Å². The van der Waals surface area contributed by atoms with Crippen LogP contribution in [0.2, 0.25) is 0 Å². The van der Waals surface area contributed by atoms with Crippen molar-refractivity contribution in [2.45, 2.75) is 31.7 Å². The first kappa shape index (κ1) is 9.97. The summed E-state index contributed by atoms with van der Waals surface area (Å²) in [6, 6.07) is 6.09. The monoisotopic (exact) mass is 219 g/mol. The fourth-order valence-corrected chi connectivity index (χ4v) is 2.82. The van der Waals surface area contributed by atoms with E-state index in [4.69, 9.17) is 15.2 Å². The number of nitrogens with two attached hydrogens (primary N) is 1. The lowest BCUT2D eigenvalue weighted by Gasteiger charge is -2.29. The largest absolute Gasteiger partial charge is 0.454 e. The summed E-state index contributed by atoms with van der Waals surface area (Å²) >= 11 is 0. The van der Waals surface area contributed by atoms with Crippen molar-refractivity contribution in [3.63, 3.8) is 0 Å². The number of hydrogen-bond acceptors (Lipinski definition) is 3. The minimum atomic E-state index is -0.180. The first-order valence-electron chi connectivity index (χ1n) is 5.89. The maximum atomic E-state index is 6.52. The standard InChI is InChI=1S/C13H17NO2/c1-9-3-2-6-13(9,14)10-4-5-11-12(7-10)16-8-15-11/h4-5,7,9H,2-3,6,8,14H2,1H3. The molecule has 0 aromatic heterocycles. The Bertz CT molecular complexity index is 418. The summed E-state index contributed by atoms with van der Waals surface area (Å²) < 4.78 is 10.7. The maximum absolute atomic E-state index is 6.52. The SMILES string of the molecule is CC1CCCC1(N)c1ccc2c(c1)OCO2. The van der Waals surface area contributed by atoms with Crippen LogP contribution in [-0.2, 0) is 5.54 Å². The summed E-state index contributed by atoms with van der Waals surface area (Å²) in [5.74, 6) is 2.20. The van der Waals surface area contributed by atoms with Gasteiger partial charge in [-0.3, -0.25) is 0 Å². The molecule has 16 heavy (non-hydrogen) atoms. The van der Waals surface area contributed by atoms with Crippen LogP contribution in [-0.4, -0.2) is 6.79 Å². The van der Waals surface area contributed by atoms with Gasteiger partial charge in [-0.05, 0) is 36.5 Å². The van der Waals surface area contributed by atoms with Crippen LogP contribution in [0.3, 0.4) is 0 Å². The van der Waals surface area contributed by atoms with Gasteiger partial charge in [0.2, 0.25) is 6.79 Å². The molecule has 2 aliphatic rings. The molecule has 1 fully saturated rings. The molecule has 1 aliphatic carbocycles. The van der Waals surface area contributed by atoms with Crippen molar-refractivity contribution in [3.05, 3.63) is 23.8 Å². The summed E-state index contributed by atoms with van der Waals surface area (Å²) in [6.07, 6.45) is 3.49. The number of fused-ring (bicyclic) bond motifs is 1. The minimum absolute atomic E-state index is 0.180. The molecule has 0 spiro atoms. The van der Waals surface area contributed by atoms with Crippen LogP contribution in [0.25, 0.3) is 0 Å². The van der Waals surface area contributed by atoms with Gasteiger partial charge >= 0.3 is 0 Å². The Labute approximate surface area is 95.5 Å². The van der Waals surface area contributed by atoms with Crippen LogP contribution in [0, 0.1) is 5.92 Å². The Balaban J connectivity index is 2.00. The molecule has 0 radical (unpaired) electrons. The Kier molecular flexibility index (Phi) is 2.11. The lowest BCUT2D eigenvalue weighted by molar-refractivity contribution is 0.174. The number of hydrogen-bond donors (Lipinski definition) is 1. The fourth-order valence-electron chi connectivity index (χ4n) is 2.82. The topological polar surface area (TPSA) is 44.5 Å². The second-order valence-electron chi connectivity index (χ2n) is 4.90. The molecule has 86 valence electrons. The van der Waals surface area contributed by atoms with Crippen molar-refractivity contribution in [2.24, 2.45) is 11.7 Å². The highest BCUT2D eigenvalue weighted by atomic mass is 16.7. The number of benzene rings is 1. The predicted molar refractivity (Wildman–Crippen MR) is 61.4 cm³/mol. The van der Waals surface area contributed by atoms with Crippen molar-refractivity contribution in [3.8, 4) is 11.5 Å². The van der Waals surface area contributed by atoms with E-state index in [9.17, 15) is 0 Å². The zero-order valence-electron chi connectivity index (χ0n) is 9.53. The van der Waals surface area contributed by atoms with Gasteiger partial charge in [0.25, 0.3) is 0 Å². The summed E-state index contributed by atoms with van der Waals surface area (Å²) in [5.41, 5.74) is 7.52. The fraction of sp³-hybridized carbons (Fsp3) is 0.538. The van der Waals surface area contributed by atoms with Crippen LogP contribution in [0.4, 0.5) is 0 Å². The molecule has 0 amide bonds. The van der Waals surface area contributed by atoms with Crippen LogP contribution >= 0.6 is 0 Å². The Morgan fingerprint density at radius 2 is 2.12 bits per heavy atom. The molecule has 3 rings (SSSR count). The molecular weight excluding hydrogens is 202 g/mol. The van der Waals surface area contributed by atoms with Crippen LogP contribution < -0.4 is 15.2 Å². The van der Waals surface area contributed by atoms with Crippen molar-refractivity contribution in [1.29, 1.82) is 0 Å². The quantitative estimate of drug-likeness (QED) is 0.788. The van der Waals surface area contributed by atoms with Gasteiger partial charge in [-0.25, -0.2) is 0 Å². The molecule has 0 saturated heterocycles. The van der Waals surface area contributed by atoms with Crippen molar-refractivity contribution in [2.75, 3.05) is 6.79 Å². The molecule has 3 nitrogen and oxygen atoms in total. The smallest absolute Gasteiger partial charge is 0.231 e. The van der Waals surface area contributed by atoms with E-state index in [-0.39, 0.29) is 5.54 Å². The first-order chi connectivity index (χ1) is 7.70. The molecule has 1 heterocycles. The summed E-state index contributed by atoms with van der Waals surface area (Å²) in [5, 5.41) is 0. The Morgan fingerprint density at radius 1 is 1.31 bits per heavy atom. The average molecular weight is 219 g/mol. The second-order valence-corrected chi connectivity index (χ2v) is 4.90.